The van der Waals surface area contributed by atoms with E-state index in [1.807, 2.05) is 53.5 Å². The smallest absolute Gasteiger partial charge is 0.311 e. The number of ether oxygens (including phenoxy) is 6. The van der Waals surface area contributed by atoms with Gasteiger partial charge in [0, 0.05) is 38.0 Å². The fourth-order valence-corrected chi connectivity index (χ4v) is 9.53. The summed E-state index contributed by atoms with van der Waals surface area (Å²) < 4.78 is 38.3. The Morgan fingerprint density at radius 3 is 2.11 bits per heavy atom. The second kappa shape index (κ2) is 18.3. The molecule has 5 N–H and O–H groups in total. The number of aliphatic hydroxyl groups excluding tert-OH is 2. The number of hydrogen-bond acceptors (Lipinski definition) is 13. The highest BCUT2D eigenvalue weighted by Gasteiger charge is 2.52. The first-order valence-corrected chi connectivity index (χ1v) is 20.3. The summed E-state index contributed by atoms with van der Waals surface area (Å²) in [5.41, 5.74) is -4.91. The van der Waals surface area contributed by atoms with Crippen LogP contribution in [0.25, 0.3) is 0 Å². The minimum Gasteiger partial charge on any atom is -0.459 e. The topological polar surface area (TPSA) is 177 Å². The maximum atomic E-state index is 14.2. The third kappa shape index (κ3) is 11.2. The third-order valence-corrected chi connectivity index (χ3v) is 12.9. The molecule has 0 spiro atoms. The van der Waals surface area contributed by atoms with Crippen LogP contribution in [0.4, 0.5) is 0 Å². The maximum Gasteiger partial charge on any atom is 0.311 e. The number of methoxy groups -OCH3 is 1. The Morgan fingerprint density at radius 2 is 1.56 bits per heavy atom. The number of rotatable bonds is 9. The molecule has 18 atom stereocenters. The highest BCUT2D eigenvalue weighted by molar-refractivity contribution is 5.73. The average Bonchev–Trinajstić information content (AvgIpc) is 3.05. The molecule has 0 radical (unpaired) electrons. The fourth-order valence-electron chi connectivity index (χ4n) is 9.53. The van der Waals surface area contributed by atoms with Gasteiger partial charge >= 0.3 is 5.97 Å². The van der Waals surface area contributed by atoms with Crippen molar-refractivity contribution in [1.82, 2.24) is 4.90 Å². The first-order valence-electron chi connectivity index (χ1n) is 20.3. The van der Waals surface area contributed by atoms with Crippen LogP contribution in [0.2, 0.25) is 0 Å². The molecule has 0 amide bonds. The van der Waals surface area contributed by atoms with Gasteiger partial charge in [0.25, 0.3) is 0 Å². The third-order valence-electron chi connectivity index (χ3n) is 12.9. The van der Waals surface area contributed by atoms with Gasteiger partial charge in [-0.05, 0) is 100.0 Å². The number of aliphatic hydroxyl groups is 5. The lowest BCUT2D eigenvalue weighted by Crippen LogP contribution is -2.61. The number of carbonyl (C=O) groups excluding carboxylic acids is 1. The molecule has 54 heavy (non-hydrogen) atoms. The molecule has 0 aliphatic carbocycles. The normalized spacial score (nSPS) is 47.9. The van der Waals surface area contributed by atoms with E-state index in [1.54, 1.807) is 41.7 Å². The van der Waals surface area contributed by atoms with Gasteiger partial charge in [-0.3, -0.25) is 9.69 Å². The second-order valence-electron chi connectivity index (χ2n) is 18.8. The van der Waals surface area contributed by atoms with Crippen LogP contribution in [0.1, 0.15) is 122 Å². The molecular formula is C41H77NO12. The van der Waals surface area contributed by atoms with Crippen molar-refractivity contribution in [3.63, 3.8) is 0 Å². The maximum absolute atomic E-state index is 14.2. The van der Waals surface area contributed by atoms with Gasteiger partial charge < -0.3 is 54.0 Å². The summed E-state index contributed by atoms with van der Waals surface area (Å²) in [4.78, 5) is 16.1. The zero-order valence-electron chi connectivity index (χ0n) is 35.9. The summed E-state index contributed by atoms with van der Waals surface area (Å²) in [6.07, 6.45) is -6.12. The van der Waals surface area contributed by atoms with Gasteiger partial charge in [0.15, 0.2) is 12.6 Å². The summed E-state index contributed by atoms with van der Waals surface area (Å²) in [7, 11) is 3.50. The molecule has 0 saturated carbocycles. The Balaban J connectivity index is 2.15. The zero-order valence-corrected chi connectivity index (χ0v) is 35.9. The van der Waals surface area contributed by atoms with Crippen LogP contribution in [-0.2, 0) is 33.2 Å². The van der Waals surface area contributed by atoms with Crippen molar-refractivity contribution in [2.45, 2.75) is 206 Å². The minimum atomic E-state index is -1.75. The Hall–Kier alpha value is -0.970. The van der Waals surface area contributed by atoms with E-state index < -0.39 is 95.3 Å². The number of cyclic esters (lactones) is 1. The Labute approximate surface area is 325 Å². The van der Waals surface area contributed by atoms with Crippen molar-refractivity contribution in [1.29, 1.82) is 0 Å². The molecule has 318 valence electrons. The Morgan fingerprint density at radius 1 is 0.944 bits per heavy atom. The summed E-state index contributed by atoms with van der Waals surface area (Å²) in [5, 5.41) is 58.1. The van der Waals surface area contributed by atoms with Crippen molar-refractivity contribution < 1.29 is 58.7 Å². The number of esters is 1. The molecule has 3 aliphatic rings. The average molecular weight is 776 g/mol. The highest BCUT2D eigenvalue weighted by Crippen LogP contribution is 2.42. The van der Waals surface area contributed by atoms with E-state index in [1.165, 1.54) is 6.92 Å². The van der Waals surface area contributed by atoms with E-state index in [2.05, 4.69) is 6.92 Å². The van der Waals surface area contributed by atoms with Gasteiger partial charge in [0.2, 0.25) is 0 Å². The monoisotopic (exact) mass is 776 g/mol. The molecule has 13 nitrogen and oxygen atoms in total. The van der Waals surface area contributed by atoms with E-state index in [0.717, 1.165) is 0 Å². The summed E-state index contributed by atoms with van der Waals surface area (Å²) in [6, 6.07) is -0.421. The van der Waals surface area contributed by atoms with Crippen molar-refractivity contribution >= 4 is 5.97 Å². The highest BCUT2D eigenvalue weighted by atomic mass is 16.7. The van der Waals surface area contributed by atoms with Gasteiger partial charge in [-0.25, -0.2) is 0 Å². The minimum absolute atomic E-state index is 0.0419. The van der Waals surface area contributed by atoms with Gasteiger partial charge in [0.05, 0.1) is 53.2 Å². The van der Waals surface area contributed by atoms with E-state index in [9.17, 15) is 30.3 Å². The first-order chi connectivity index (χ1) is 24.7. The fraction of sp³-hybridized carbons (Fsp3) is 0.976. The van der Waals surface area contributed by atoms with Crippen molar-refractivity contribution in [2.24, 2.45) is 29.6 Å². The zero-order chi connectivity index (χ0) is 41.3. The molecule has 0 aromatic heterocycles. The molecule has 3 rings (SSSR count). The first kappa shape index (κ1) is 47.4. The van der Waals surface area contributed by atoms with Gasteiger partial charge in [-0.1, -0.05) is 34.6 Å². The van der Waals surface area contributed by atoms with E-state index in [0.29, 0.717) is 25.8 Å². The van der Waals surface area contributed by atoms with Crippen LogP contribution in [-0.4, -0.2) is 141 Å². The molecule has 0 unspecified atom stereocenters. The predicted molar refractivity (Wildman–Crippen MR) is 204 cm³/mol. The molecule has 13 heteroatoms. The molecule has 3 saturated heterocycles. The molecule has 3 heterocycles. The lowest BCUT2D eigenvalue weighted by Gasteiger charge is -2.49. The molecular weight excluding hydrogens is 698 g/mol. The van der Waals surface area contributed by atoms with Crippen LogP contribution in [0, 0.1) is 29.6 Å². The Kier molecular flexibility index (Phi) is 16.1. The van der Waals surface area contributed by atoms with Crippen LogP contribution in [0.3, 0.4) is 0 Å². The Bertz CT molecular complexity index is 1200. The van der Waals surface area contributed by atoms with Gasteiger partial charge in [0.1, 0.15) is 17.8 Å². The van der Waals surface area contributed by atoms with Crippen molar-refractivity contribution in [2.75, 3.05) is 20.7 Å². The number of carbonyl (C=O) groups is 1. The quantitative estimate of drug-likeness (QED) is 0.213. The van der Waals surface area contributed by atoms with Crippen LogP contribution >= 0.6 is 0 Å². The number of likely N-dealkylation sites (N-methyl/N-ethyl adjacent to an activating group) is 1. The van der Waals surface area contributed by atoms with Crippen molar-refractivity contribution in [3.8, 4) is 0 Å². The van der Waals surface area contributed by atoms with Crippen LogP contribution in [0.5, 0.6) is 0 Å². The van der Waals surface area contributed by atoms with Crippen molar-refractivity contribution in [3.05, 3.63) is 0 Å². The van der Waals surface area contributed by atoms with Gasteiger partial charge in [-0.15, -0.1) is 0 Å². The van der Waals surface area contributed by atoms with Gasteiger partial charge in [-0.2, -0.15) is 0 Å². The second-order valence-corrected chi connectivity index (χ2v) is 18.8. The van der Waals surface area contributed by atoms with Crippen LogP contribution < -0.4 is 0 Å². The summed E-state index contributed by atoms with van der Waals surface area (Å²) in [6.45, 7) is 24.0. The van der Waals surface area contributed by atoms with E-state index >= 15 is 0 Å². The molecule has 0 aromatic rings. The standard InChI is InChI=1S/C41H77NO12/c1-16-30-41(13,48)34(44)23(3)17-22(2)19-39(11,47)35(54-37-32(43)29(18-24(4)50-37)42(14)21-38(9,10)46)25(5)33(26(6)36(45)52-30)53-31-20-40(12,49-15)27(7)28(8)51-31/h22-35,37,43-44,46-48H,16-21H2,1-15H3/t22-,23-,24+,25-,26+,27-,28-,29-,30+,31-,32+,33-,34+,35+,37-,39-,40+,41+/m0/s1. The molecule has 0 aromatic carbocycles. The largest absolute Gasteiger partial charge is 0.459 e. The van der Waals surface area contributed by atoms with E-state index in [-0.39, 0.29) is 36.9 Å². The number of nitrogens with zero attached hydrogens (tertiary/aromatic N) is 1. The van der Waals surface area contributed by atoms with E-state index in [4.69, 9.17) is 28.4 Å². The summed E-state index contributed by atoms with van der Waals surface area (Å²) in [5.74, 6) is -2.85. The molecule has 0 bridgehead atoms. The van der Waals surface area contributed by atoms with Crippen LogP contribution in [0.15, 0.2) is 0 Å². The SMILES string of the molecule is CC[C@H]1OC(=O)[C@H](C)[C@@H](O[C@H]2C[C@@](C)(OC)[C@@H](C)[C@H](C)O2)[C@H](C)[C@@H](O[C@@H]2O[C@H](C)C[C@H](N(C)CC(C)(C)O)[C@H]2O)[C@@](C)(O)C[C@@H](C)C[C@H](C)[C@@H](O)[C@]1(C)O. The predicted octanol–water partition coefficient (Wildman–Crippen LogP) is 4.02. The summed E-state index contributed by atoms with van der Waals surface area (Å²) >= 11 is 0. The number of hydrogen-bond donors (Lipinski definition) is 5. The lowest BCUT2D eigenvalue weighted by molar-refractivity contribution is -0.314. The molecule has 3 aliphatic heterocycles. The lowest BCUT2D eigenvalue weighted by atomic mass is 9.74. The molecule has 3 fully saturated rings.